The second-order valence-corrected chi connectivity index (χ2v) is 5.97. The summed E-state index contributed by atoms with van der Waals surface area (Å²) in [5, 5.41) is 1.05. The third-order valence-corrected chi connectivity index (χ3v) is 4.34. The molecule has 0 amide bonds. The highest BCUT2D eigenvalue weighted by Gasteiger charge is 2.16. The van der Waals surface area contributed by atoms with Crippen LogP contribution in [0.1, 0.15) is 22.7 Å². The van der Waals surface area contributed by atoms with Gasteiger partial charge in [0.2, 0.25) is 0 Å². The van der Waals surface area contributed by atoms with Gasteiger partial charge in [-0.25, -0.2) is 5.43 Å². The zero-order chi connectivity index (χ0) is 14.0. The van der Waals surface area contributed by atoms with Crippen LogP contribution in [0.25, 0.3) is 0 Å². The Morgan fingerprint density at radius 2 is 1.84 bits per heavy atom. The van der Waals surface area contributed by atoms with Crippen LogP contribution in [0.2, 0.25) is 10.0 Å². The molecule has 2 rings (SSSR count). The van der Waals surface area contributed by atoms with Gasteiger partial charge in [0.05, 0.1) is 16.1 Å². The van der Waals surface area contributed by atoms with Crippen molar-refractivity contribution >= 4 is 39.1 Å². The van der Waals surface area contributed by atoms with E-state index in [9.17, 15) is 0 Å². The van der Waals surface area contributed by atoms with Crippen LogP contribution >= 0.6 is 39.1 Å². The molecule has 3 N–H and O–H groups in total. The van der Waals surface area contributed by atoms with E-state index in [2.05, 4.69) is 27.4 Å². The first-order valence-electron chi connectivity index (χ1n) is 5.70. The van der Waals surface area contributed by atoms with E-state index in [1.807, 2.05) is 31.2 Å². The Hall–Kier alpha value is -0.580. The molecular weight excluding hydrogens is 347 g/mol. The summed E-state index contributed by atoms with van der Waals surface area (Å²) in [5.74, 6) is 5.68. The molecule has 0 bridgehead atoms. The van der Waals surface area contributed by atoms with E-state index in [0.29, 0.717) is 10.0 Å². The highest BCUT2D eigenvalue weighted by Crippen LogP contribution is 2.32. The van der Waals surface area contributed by atoms with E-state index < -0.39 is 0 Å². The van der Waals surface area contributed by atoms with Crippen molar-refractivity contribution in [3.63, 3.8) is 0 Å². The lowest BCUT2D eigenvalue weighted by atomic mass is 9.98. The minimum atomic E-state index is -0.148. The lowest BCUT2D eigenvalue weighted by molar-refractivity contribution is 0.634. The van der Waals surface area contributed by atoms with Gasteiger partial charge in [-0.1, -0.05) is 57.3 Å². The Morgan fingerprint density at radius 3 is 2.42 bits per heavy atom. The van der Waals surface area contributed by atoms with Crippen LogP contribution < -0.4 is 11.3 Å². The first-order chi connectivity index (χ1) is 9.02. The maximum Gasteiger partial charge on any atom is 0.0721 e. The lowest BCUT2D eigenvalue weighted by Crippen LogP contribution is -2.29. The summed E-state index contributed by atoms with van der Waals surface area (Å²) < 4.78 is 1.00. The molecular formula is C14H13BrCl2N2. The molecule has 0 aliphatic carbocycles. The van der Waals surface area contributed by atoms with Gasteiger partial charge < -0.3 is 0 Å². The minimum absolute atomic E-state index is 0.148. The van der Waals surface area contributed by atoms with Gasteiger partial charge in [0.25, 0.3) is 0 Å². The first kappa shape index (κ1) is 14.8. The highest BCUT2D eigenvalue weighted by molar-refractivity contribution is 9.10. The second kappa shape index (κ2) is 6.25. The smallest absolute Gasteiger partial charge is 0.0721 e. The first-order valence-corrected chi connectivity index (χ1v) is 7.25. The normalized spacial score (nSPS) is 12.5. The molecule has 0 aliphatic heterocycles. The van der Waals surface area contributed by atoms with Gasteiger partial charge in [-0.15, -0.1) is 0 Å². The predicted octanol–water partition coefficient (Wildman–Crippen LogP) is 4.62. The molecule has 0 spiro atoms. The van der Waals surface area contributed by atoms with Gasteiger partial charge in [0.15, 0.2) is 0 Å². The van der Waals surface area contributed by atoms with E-state index in [-0.39, 0.29) is 6.04 Å². The summed E-state index contributed by atoms with van der Waals surface area (Å²) >= 11 is 15.6. The fraction of sp³-hybridized carbons (Fsp3) is 0.143. The Bertz CT molecular complexity index is 602. The van der Waals surface area contributed by atoms with Crippen molar-refractivity contribution in [1.29, 1.82) is 0 Å². The van der Waals surface area contributed by atoms with Crippen LogP contribution in [0.15, 0.2) is 40.9 Å². The van der Waals surface area contributed by atoms with Crippen LogP contribution in [0, 0.1) is 6.92 Å². The van der Waals surface area contributed by atoms with E-state index in [1.54, 1.807) is 6.07 Å². The highest BCUT2D eigenvalue weighted by atomic mass is 79.9. The molecule has 19 heavy (non-hydrogen) atoms. The van der Waals surface area contributed by atoms with Gasteiger partial charge in [-0.2, -0.15) is 0 Å². The van der Waals surface area contributed by atoms with Crippen molar-refractivity contribution in [3.05, 3.63) is 67.6 Å². The van der Waals surface area contributed by atoms with Crippen molar-refractivity contribution in [2.24, 2.45) is 5.84 Å². The number of nitrogens with one attached hydrogen (secondary N) is 1. The molecule has 0 saturated carbocycles. The summed E-state index contributed by atoms with van der Waals surface area (Å²) in [6.45, 7) is 2.04. The zero-order valence-corrected chi connectivity index (χ0v) is 13.4. The van der Waals surface area contributed by atoms with Crippen LogP contribution in [0.4, 0.5) is 0 Å². The fourth-order valence-electron chi connectivity index (χ4n) is 1.92. The monoisotopic (exact) mass is 358 g/mol. The summed E-state index contributed by atoms with van der Waals surface area (Å²) in [5.41, 5.74) is 6.00. The van der Waals surface area contributed by atoms with Crippen LogP contribution in [0.3, 0.4) is 0 Å². The molecule has 1 unspecified atom stereocenters. The molecule has 0 radical (unpaired) electrons. The molecule has 2 nitrogen and oxygen atoms in total. The second-order valence-electron chi connectivity index (χ2n) is 4.30. The maximum absolute atomic E-state index is 6.06. The number of hydrogen-bond acceptors (Lipinski definition) is 2. The van der Waals surface area contributed by atoms with Crippen molar-refractivity contribution in [3.8, 4) is 0 Å². The summed E-state index contributed by atoms with van der Waals surface area (Å²) in [6, 6.07) is 11.5. The van der Waals surface area contributed by atoms with Gasteiger partial charge in [-0.05, 0) is 41.8 Å². The minimum Gasteiger partial charge on any atom is -0.271 e. The van der Waals surface area contributed by atoms with Crippen molar-refractivity contribution in [2.45, 2.75) is 13.0 Å². The molecule has 100 valence electrons. The Morgan fingerprint density at radius 1 is 1.11 bits per heavy atom. The molecule has 0 aromatic heterocycles. The number of halogens is 3. The largest absolute Gasteiger partial charge is 0.271 e. The van der Waals surface area contributed by atoms with E-state index in [0.717, 1.165) is 15.6 Å². The standard InChI is InChI=1S/C14H13BrCl2N2/c1-8-2-4-10(11(15)6-8)14(19-18)9-3-5-12(16)13(17)7-9/h2-7,14,19H,18H2,1H3. The van der Waals surface area contributed by atoms with Gasteiger partial charge >= 0.3 is 0 Å². The molecule has 2 aromatic rings. The number of aryl methyl sites for hydroxylation is 1. The average Bonchev–Trinajstić information content (AvgIpc) is 2.37. The quantitative estimate of drug-likeness (QED) is 0.620. The van der Waals surface area contributed by atoms with E-state index in [1.165, 1.54) is 5.56 Å². The van der Waals surface area contributed by atoms with E-state index in [4.69, 9.17) is 29.0 Å². The van der Waals surface area contributed by atoms with Crippen molar-refractivity contribution < 1.29 is 0 Å². The molecule has 0 fully saturated rings. The Balaban J connectivity index is 2.46. The lowest BCUT2D eigenvalue weighted by Gasteiger charge is -2.19. The number of benzene rings is 2. The van der Waals surface area contributed by atoms with Crippen molar-refractivity contribution in [2.75, 3.05) is 0 Å². The maximum atomic E-state index is 6.06. The van der Waals surface area contributed by atoms with Crippen LogP contribution in [0.5, 0.6) is 0 Å². The van der Waals surface area contributed by atoms with Gasteiger partial charge in [-0.3, -0.25) is 5.84 Å². The van der Waals surface area contributed by atoms with Gasteiger partial charge in [0.1, 0.15) is 0 Å². The molecule has 5 heteroatoms. The fourth-order valence-corrected chi connectivity index (χ4v) is 2.95. The zero-order valence-electron chi connectivity index (χ0n) is 10.3. The van der Waals surface area contributed by atoms with Gasteiger partial charge in [0, 0.05) is 4.47 Å². The third-order valence-electron chi connectivity index (χ3n) is 2.91. The van der Waals surface area contributed by atoms with Crippen LogP contribution in [-0.2, 0) is 0 Å². The molecule has 0 heterocycles. The molecule has 2 aromatic carbocycles. The predicted molar refractivity (Wildman–Crippen MR) is 84.5 cm³/mol. The molecule has 0 saturated heterocycles. The SMILES string of the molecule is Cc1ccc(C(NN)c2ccc(Cl)c(Cl)c2)c(Br)c1. The summed E-state index contributed by atoms with van der Waals surface area (Å²) in [4.78, 5) is 0. The van der Waals surface area contributed by atoms with E-state index >= 15 is 0 Å². The topological polar surface area (TPSA) is 38.0 Å². The number of rotatable bonds is 3. The number of hydrogen-bond donors (Lipinski definition) is 2. The number of hydrazine groups is 1. The summed E-state index contributed by atoms with van der Waals surface area (Å²) in [6.07, 6.45) is 0. The average molecular weight is 360 g/mol. The Kier molecular flexibility index (Phi) is 4.87. The van der Waals surface area contributed by atoms with Crippen LogP contribution in [-0.4, -0.2) is 0 Å². The molecule has 1 atom stereocenters. The van der Waals surface area contributed by atoms with Crippen molar-refractivity contribution in [1.82, 2.24) is 5.43 Å². The molecule has 0 aliphatic rings. The third kappa shape index (κ3) is 3.30. The summed E-state index contributed by atoms with van der Waals surface area (Å²) in [7, 11) is 0. The Labute approximate surface area is 131 Å². The number of nitrogens with two attached hydrogens (primary N) is 1.